The molecule has 1 amide bonds. The monoisotopic (exact) mass is 297 g/mol. The van der Waals surface area contributed by atoms with Gasteiger partial charge in [0.05, 0.1) is 0 Å². The molecule has 8 nitrogen and oxygen atoms in total. The van der Waals surface area contributed by atoms with Gasteiger partial charge in [-0.1, -0.05) is 0 Å². The van der Waals surface area contributed by atoms with Crippen molar-refractivity contribution in [1.29, 1.82) is 0 Å². The molecular weight excluding hydrogens is 277 g/mol. The zero-order valence-electron chi connectivity index (χ0n) is 11.9. The maximum absolute atomic E-state index is 11.9. The summed E-state index contributed by atoms with van der Waals surface area (Å²) in [5.41, 5.74) is -0.111. The molecule has 0 aliphatic heterocycles. The van der Waals surface area contributed by atoms with Crippen LogP contribution in [0.5, 0.6) is 0 Å². The van der Waals surface area contributed by atoms with E-state index < -0.39 is 30.9 Å². The van der Waals surface area contributed by atoms with Crippen LogP contribution < -0.4 is 5.48 Å². The second-order valence-electron chi connectivity index (χ2n) is 4.61. The maximum atomic E-state index is 11.9. The molecule has 0 aromatic heterocycles. The Bertz CT molecular complexity index is 369. The van der Waals surface area contributed by atoms with E-state index in [0.29, 0.717) is 0 Å². The fourth-order valence-corrected chi connectivity index (χ4v) is 2.09. The molecule has 1 atom stereocenters. The Kier molecular flexibility index (Phi) is 6.48. The minimum absolute atomic E-state index is 0.726. The van der Waals surface area contributed by atoms with Gasteiger partial charge in [-0.05, 0) is 27.7 Å². The summed E-state index contributed by atoms with van der Waals surface area (Å²) in [5, 5.41) is 0. The van der Waals surface area contributed by atoms with Gasteiger partial charge in [-0.25, -0.2) is 9.59 Å². The van der Waals surface area contributed by atoms with E-state index in [4.69, 9.17) is 4.74 Å². The van der Waals surface area contributed by atoms with E-state index in [1.807, 2.05) is 0 Å². The zero-order valence-corrected chi connectivity index (χ0v) is 12.8. The van der Waals surface area contributed by atoms with Crippen LogP contribution in [0.4, 0.5) is 4.79 Å². The van der Waals surface area contributed by atoms with Crippen molar-refractivity contribution in [2.45, 2.75) is 39.0 Å². The summed E-state index contributed by atoms with van der Waals surface area (Å²) in [7, 11) is -1.30. The smallest absolute Gasteiger partial charge is 0.441 e. The Balaban J connectivity index is 4.40. The van der Waals surface area contributed by atoms with Gasteiger partial charge in [0.1, 0.15) is 5.60 Å². The first kappa shape index (κ1) is 17.9. The number of carbonyl (C=O) groups is 2. The Morgan fingerprint density at radius 1 is 1.16 bits per heavy atom. The van der Waals surface area contributed by atoms with Gasteiger partial charge in [0, 0.05) is 14.2 Å². The molecule has 0 bridgehead atoms. The minimum atomic E-state index is -3.60. The van der Waals surface area contributed by atoms with E-state index in [2.05, 4.69) is 13.9 Å². The molecule has 0 heterocycles. The third kappa shape index (κ3) is 6.04. The molecule has 0 fully saturated rings. The van der Waals surface area contributed by atoms with Crippen LogP contribution in [0.25, 0.3) is 0 Å². The van der Waals surface area contributed by atoms with Crippen molar-refractivity contribution in [3.05, 3.63) is 0 Å². The number of hydrogen-bond acceptors (Lipinski definition) is 7. The van der Waals surface area contributed by atoms with E-state index in [-0.39, 0.29) is 0 Å². The standard InChI is InChI=1S/C10H20NO7P/c1-7(19(14,15-5)16-6)8(12)18-11-9(13)17-10(2,3)4/h7H,1-6H3,(H,11,13). The summed E-state index contributed by atoms with van der Waals surface area (Å²) in [6.45, 7) is 6.26. The highest BCUT2D eigenvalue weighted by Gasteiger charge is 2.38. The van der Waals surface area contributed by atoms with E-state index in [0.717, 1.165) is 14.2 Å². The van der Waals surface area contributed by atoms with Crippen LogP contribution in [0.2, 0.25) is 0 Å². The molecule has 0 aromatic rings. The van der Waals surface area contributed by atoms with Crippen molar-refractivity contribution in [2.75, 3.05) is 14.2 Å². The van der Waals surface area contributed by atoms with Gasteiger partial charge < -0.3 is 18.6 Å². The Morgan fingerprint density at radius 3 is 2.00 bits per heavy atom. The van der Waals surface area contributed by atoms with Crippen molar-refractivity contribution in [3.8, 4) is 0 Å². The highest BCUT2D eigenvalue weighted by Crippen LogP contribution is 2.51. The van der Waals surface area contributed by atoms with Gasteiger partial charge in [0.25, 0.3) is 0 Å². The molecule has 0 radical (unpaired) electrons. The average Bonchev–Trinajstić information content (AvgIpc) is 2.31. The summed E-state index contributed by atoms with van der Waals surface area (Å²) in [6.07, 6.45) is -0.933. The number of hydrogen-bond donors (Lipinski definition) is 1. The predicted molar refractivity (Wildman–Crippen MR) is 66.5 cm³/mol. The number of ether oxygens (including phenoxy) is 1. The van der Waals surface area contributed by atoms with Gasteiger partial charge in [-0.15, -0.1) is 5.48 Å². The molecule has 0 spiro atoms. The largest absolute Gasteiger partial charge is 0.442 e. The molecular formula is C10H20NO7P. The Morgan fingerprint density at radius 2 is 1.63 bits per heavy atom. The summed E-state index contributed by atoms with van der Waals surface area (Å²) < 4.78 is 26.0. The lowest BCUT2D eigenvalue weighted by atomic mass is 10.2. The number of rotatable bonds is 4. The molecule has 0 aliphatic rings. The van der Waals surface area contributed by atoms with E-state index in [1.54, 1.807) is 26.3 Å². The topological polar surface area (TPSA) is 100 Å². The van der Waals surface area contributed by atoms with E-state index >= 15 is 0 Å². The molecule has 0 aliphatic carbocycles. The molecule has 9 heteroatoms. The van der Waals surface area contributed by atoms with Gasteiger partial charge in [0.2, 0.25) is 0 Å². The molecule has 0 saturated heterocycles. The van der Waals surface area contributed by atoms with Crippen LogP contribution in [0.15, 0.2) is 0 Å². The Hall–Kier alpha value is -1.11. The number of nitrogens with one attached hydrogen (secondary N) is 1. The molecule has 0 aromatic carbocycles. The lowest BCUT2D eigenvalue weighted by Crippen LogP contribution is -2.36. The van der Waals surface area contributed by atoms with E-state index in [9.17, 15) is 14.2 Å². The van der Waals surface area contributed by atoms with Crippen LogP contribution >= 0.6 is 7.60 Å². The first-order valence-corrected chi connectivity index (χ1v) is 7.08. The first-order valence-electron chi connectivity index (χ1n) is 5.46. The minimum Gasteiger partial charge on any atom is -0.442 e. The fraction of sp³-hybridized carbons (Fsp3) is 0.800. The number of carbonyl (C=O) groups excluding carboxylic acids is 2. The summed E-state index contributed by atoms with van der Waals surface area (Å²) >= 11 is 0. The van der Waals surface area contributed by atoms with Crippen molar-refractivity contribution < 1.29 is 32.8 Å². The second-order valence-corrected chi connectivity index (χ2v) is 7.19. The molecule has 0 saturated carbocycles. The van der Waals surface area contributed by atoms with Crippen LogP contribution in [0.1, 0.15) is 27.7 Å². The highest BCUT2D eigenvalue weighted by molar-refractivity contribution is 7.55. The second kappa shape index (κ2) is 6.88. The SMILES string of the molecule is COP(=O)(OC)C(C)C(=O)ONC(=O)OC(C)(C)C. The fourth-order valence-electron chi connectivity index (χ4n) is 0.996. The molecule has 112 valence electrons. The summed E-state index contributed by atoms with van der Waals surface area (Å²) in [4.78, 5) is 27.3. The first-order chi connectivity index (χ1) is 8.55. The zero-order chi connectivity index (χ0) is 15.3. The molecule has 0 rings (SSSR count). The van der Waals surface area contributed by atoms with Gasteiger partial charge >= 0.3 is 19.7 Å². The molecule has 19 heavy (non-hydrogen) atoms. The predicted octanol–water partition coefficient (Wildman–Crippen LogP) is 1.84. The summed E-state index contributed by atoms with van der Waals surface area (Å²) in [6, 6.07) is 0. The third-order valence-electron chi connectivity index (χ3n) is 1.96. The third-order valence-corrected chi connectivity index (χ3v) is 4.14. The van der Waals surface area contributed by atoms with Crippen LogP contribution in [0.3, 0.4) is 0 Å². The van der Waals surface area contributed by atoms with Gasteiger partial charge in [0.15, 0.2) is 5.66 Å². The normalized spacial score (nSPS) is 13.6. The van der Waals surface area contributed by atoms with Crippen molar-refractivity contribution >= 4 is 19.7 Å². The molecule has 1 N–H and O–H groups in total. The van der Waals surface area contributed by atoms with Crippen molar-refractivity contribution in [2.24, 2.45) is 0 Å². The quantitative estimate of drug-likeness (QED) is 0.624. The maximum Gasteiger partial charge on any atom is 0.441 e. The van der Waals surface area contributed by atoms with Crippen LogP contribution in [-0.4, -0.2) is 37.5 Å². The number of hydroxylamine groups is 1. The van der Waals surface area contributed by atoms with Crippen LogP contribution in [0, 0.1) is 0 Å². The van der Waals surface area contributed by atoms with Crippen LogP contribution in [-0.2, 0) is 28.0 Å². The highest BCUT2D eigenvalue weighted by atomic mass is 31.2. The van der Waals surface area contributed by atoms with Crippen molar-refractivity contribution in [1.82, 2.24) is 5.48 Å². The van der Waals surface area contributed by atoms with Gasteiger partial charge in [-0.3, -0.25) is 4.57 Å². The van der Waals surface area contributed by atoms with E-state index in [1.165, 1.54) is 6.92 Å². The van der Waals surface area contributed by atoms with Gasteiger partial charge in [-0.2, -0.15) is 0 Å². The molecule has 1 unspecified atom stereocenters. The lowest BCUT2D eigenvalue weighted by molar-refractivity contribution is -0.150. The average molecular weight is 297 g/mol. The summed E-state index contributed by atoms with van der Waals surface area (Å²) in [5.74, 6) is -0.960. The van der Waals surface area contributed by atoms with Crippen molar-refractivity contribution in [3.63, 3.8) is 0 Å². The Labute approximate surface area is 112 Å². The number of amides is 1. The lowest BCUT2D eigenvalue weighted by Gasteiger charge is -2.21.